The molecule has 0 aliphatic heterocycles. The van der Waals surface area contributed by atoms with Gasteiger partial charge in [-0.1, -0.05) is 36.9 Å². The molecule has 0 unspecified atom stereocenters. The molecule has 16 heavy (non-hydrogen) atoms. The maximum Gasteiger partial charge on any atom is 0.133 e. The largest absolute Gasteiger partial charge is 0.399 e. The smallest absolute Gasteiger partial charge is 0.133 e. The van der Waals surface area contributed by atoms with E-state index in [1.54, 1.807) is 18.2 Å². The molecular formula is C14H12FN. The summed E-state index contributed by atoms with van der Waals surface area (Å²) in [5.74, 6) is -0.300. The number of rotatable bonds is 2. The third-order valence-electron chi connectivity index (χ3n) is 2.45. The van der Waals surface area contributed by atoms with Crippen molar-refractivity contribution in [2.45, 2.75) is 0 Å². The second-order valence-corrected chi connectivity index (χ2v) is 3.57. The highest BCUT2D eigenvalue weighted by molar-refractivity contribution is 5.67. The predicted molar refractivity (Wildman–Crippen MR) is 66.3 cm³/mol. The van der Waals surface area contributed by atoms with E-state index in [-0.39, 0.29) is 5.82 Å². The van der Waals surface area contributed by atoms with Gasteiger partial charge in [0.15, 0.2) is 0 Å². The van der Waals surface area contributed by atoms with Gasteiger partial charge in [-0.3, -0.25) is 0 Å². The van der Waals surface area contributed by atoms with Crippen LogP contribution in [0.1, 0.15) is 5.56 Å². The molecule has 2 heteroatoms. The fourth-order valence-corrected chi connectivity index (χ4v) is 1.56. The van der Waals surface area contributed by atoms with Crippen molar-refractivity contribution in [2.75, 3.05) is 5.73 Å². The monoisotopic (exact) mass is 213 g/mol. The molecule has 2 aromatic rings. The molecule has 2 rings (SSSR count). The summed E-state index contributed by atoms with van der Waals surface area (Å²) in [6.07, 6.45) is 1.75. The number of nitrogens with two attached hydrogens (primary N) is 1. The highest BCUT2D eigenvalue weighted by Crippen LogP contribution is 2.24. The second kappa shape index (κ2) is 4.19. The van der Waals surface area contributed by atoms with Crippen LogP contribution in [0.3, 0.4) is 0 Å². The van der Waals surface area contributed by atoms with E-state index in [1.165, 1.54) is 6.07 Å². The van der Waals surface area contributed by atoms with Crippen LogP contribution in [0.2, 0.25) is 0 Å². The molecule has 0 saturated heterocycles. The Kier molecular flexibility index (Phi) is 2.73. The first-order valence-corrected chi connectivity index (χ1v) is 4.98. The van der Waals surface area contributed by atoms with E-state index < -0.39 is 0 Å². The van der Waals surface area contributed by atoms with Gasteiger partial charge in [-0.25, -0.2) is 4.39 Å². The summed E-state index contributed by atoms with van der Waals surface area (Å²) in [6.45, 7) is 3.67. The van der Waals surface area contributed by atoms with Crippen molar-refractivity contribution in [2.24, 2.45) is 0 Å². The molecule has 0 saturated carbocycles. The molecule has 0 bridgehead atoms. The molecule has 0 amide bonds. The Balaban J connectivity index is 2.46. The number of halogens is 1. The van der Waals surface area contributed by atoms with Gasteiger partial charge in [0.1, 0.15) is 5.82 Å². The molecule has 0 spiro atoms. The highest BCUT2D eigenvalue weighted by Gasteiger charge is 2.04. The van der Waals surface area contributed by atoms with E-state index in [4.69, 9.17) is 5.73 Å². The Morgan fingerprint density at radius 3 is 2.31 bits per heavy atom. The first-order valence-electron chi connectivity index (χ1n) is 4.98. The van der Waals surface area contributed by atoms with Gasteiger partial charge in [0.05, 0.1) is 0 Å². The lowest BCUT2D eigenvalue weighted by Gasteiger charge is -2.04. The van der Waals surface area contributed by atoms with Crippen LogP contribution >= 0.6 is 0 Å². The summed E-state index contributed by atoms with van der Waals surface area (Å²) in [4.78, 5) is 0. The van der Waals surface area contributed by atoms with Crippen LogP contribution in [-0.2, 0) is 0 Å². The number of anilines is 1. The van der Waals surface area contributed by atoms with Gasteiger partial charge in [-0.2, -0.15) is 0 Å². The Morgan fingerprint density at radius 1 is 1.06 bits per heavy atom. The highest BCUT2D eigenvalue weighted by atomic mass is 19.1. The number of benzene rings is 2. The molecule has 0 heterocycles. The molecule has 0 aliphatic rings. The predicted octanol–water partition coefficient (Wildman–Crippen LogP) is 3.72. The van der Waals surface area contributed by atoms with Gasteiger partial charge in [0.25, 0.3) is 0 Å². The van der Waals surface area contributed by atoms with Crippen LogP contribution in [0.25, 0.3) is 17.2 Å². The molecule has 2 N–H and O–H groups in total. The molecular weight excluding hydrogens is 201 g/mol. The third kappa shape index (κ3) is 1.96. The van der Waals surface area contributed by atoms with Gasteiger partial charge in [-0.15, -0.1) is 0 Å². The minimum absolute atomic E-state index is 0.300. The SMILES string of the molecule is C=Cc1ccc(-c2ccc(N)cc2F)cc1. The lowest BCUT2D eigenvalue weighted by atomic mass is 10.0. The van der Waals surface area contributed by atoms with Gasteiger partial charge < -0.3 is 5.73 Å². The zero-order valence-electron chi connectivity index (χ0n) is 8.78. The third-order valence-corrected chi connectivity index (χ3v) is 2.45. The van der Waals surface area contributed by atoms with E-state index in [1.807, 2.05) is 24.3 Å². The van der Waals surface area contributed by atoms with Crippen molar-refractivity contribution < 1.29 is 4.39 Å². The fraction of sp³-hybridized carbons (Fsp3) is 0. The standard InChI is InChI=1S/C14H12FN/c1-2-10-3-5-11(6-4-10)13-8-7-12(16)9-14(13)15/h2-9H,1,16H2. The van der Waals surface area contributed by atoms with Gasteiger partial charge in [0, 0.05) is 11.3 Å². The zero-order chi connectivity index (χ0) is 11.5. The molecule has 1 nitrogen and oxygen atoms in total. The van der Waals surface area contributed by atoms with Gasteiger partial charge in [-0.05, 0) is 29.3 Å². The molecule has 0 aliphatic carbocycles. The summed E-state index contributed by atoms with van der Waals surface area (Å²) in [7, 11) is 0. The van der Waals surface area contributed by atoms with E-state index >= 15 is 0 Å². The maximum atomic E-state index is 13.6. The first-order chi connectivity index (χ1) is 7.70. The minimum atomic E-state index is -0.300. The van der Waals surface area contributed by atoms with Crippen molar-refractivity contribution >= 4 is 11.8 Å². The van der Waals surface area contributed by atoms with Crippen molar-refractivity contribution in [3.63, 3.8) is 0 Å². The van der Waals surface area contributed by atoms with Crippen LogP contribution in [0.5, 0.6) is 0 Å². The van der Waals surface area contributed by atoms with Crippen LogP contribution in [0.15, 0.2) is 49.0 Å². The Bertz CT molecular complexity index is 515. The van der Waals surface area contributed by atoms with Crippen molar-refractivity contribution in [3.05, 3.63) is 60.4 Å². The van der Waals surface area contributed by atoms with Gasteiger partial charge >= 0.3 is 0 Å². The Morgan fingerprint density at radius 2 is 1.75 bits per heavy atom. The quantitative estimate of drug-likeness (QED) is 0.756. The van der Waals surface area contributed by atoms with E-state index in [0.717, 1.165) is 11.1 Å². The summed E-state index contributed by atoms with van der Waals surface area (Å²) in [6, 6.07) is 12.2. The summed E-state index contributed by atoms with van der Waals surface area (Å²) in [5, 5.41) is 0. The molecule has 0 fully saturated rings. The lowest BCUT2D eigenvalue weighted by Crippen LogP contribution is -1.89. The second-order valence-electron chi connectivity index (χ2n) is 3.57. The topological polar surface area (TPSA) is 26.0 Å². The molecule has 0 aromatic heterocycles. The normalized spacial score (nSPS) is 10.1. The summed E-state index contributed by atoms with van der Waals surface area (Å²) >= 11 is 0. The Hall–Kier alpha value is -2.09. The first kappa shape index (κ1) is 10.4. The number of nitrogen functional groups attached to an aromatic ring is 1. The fourth-order valence-electron chi connectivity index (χ4n) is 1.56. The van der Waals surface area contributed by atoms with Crippen LogP contribution in [0, 0.1) is 5.82 Å². The van der Waals surface area contributed by atoms with Crippen molar-refractivity contribution in [1.29, 1.82) is 0 Å². The van der Waals surface area contributed by atoms with E-state index in [9.17, 15) is 4.39 Å². The van der Waals surface area contributed by atoms with Crippen LogP contribution in [-0.4, -0.2) is 0 Å². The average Bonchev–Trinajstić information content (AvgIpc) is 2.29. The zero-order valence-corrected chi connectivity index (χ0v) is 8.78. The van der Waals surface area contributed by atoms with Crippen LogP contribution in [0.4, 0.5) is 10.1 Å². The van der Waals surface area contributed by atoms with Crippen molar-refractivity contribution in [3.8, 4) is 11.1 Å². The molecule has 80 valence electrons. The summed E-state index contributed by atoms with van der Waals surface area (Å²) < 4.78 is 13.6. The summed E-state index contributed by atoms with van der Waals surface area (Å²) in [5.41, 5.74) is 8.34. The average molecular weight is 213 g/mol. The van der Waals surface area contributed by atoms with E-state index in [0.29, 0.717) is 11.3 Å². The number of hydrogen-bond acceptors (Lipinski definition) is 1. The van der Waals surface area contributed by atoms with Gasteiger partial charge in [0.2, 0.25) is 0 Å². The maximum absolute atomic E-state index is 13.6. The lowest BCUT2D eigenvalue weighted by molar-refractivity contribution is 0.632. The van der Waals surface area contributed by atoms with E-state index in [2.05, 4.69) is 6.58 Å². The Labute approximate surface area is 94.0 Å². The van der Waals surface area contributed by atoms with Crippen LogP contribution < -0.4 is 5.73 Å². The number of hydrogen-bond donors (Lipinski definition) is 1. The minimum Gasteiger partial charge on any atom is -0.399 e. The van der Waals surface area contributed by atoms with Crippen molar-refractivity contribution in [1.82, 2.24) is 0 Å². The molecule has 0 radical (unpaired) electrons. The molecule has 2 aromatic carbocycles. The molecule has 0 atom stereocenters.